The molecule has 3 aromatic rings. The lowest BCUT2D eigenvalue weighted by Crippen LogP contribution is -2.30. The molecule has 1 aliphatic heterocycles. The number of aromatic nitrogens is 2. The molecule has 1 aliphatic rings. The number of hydrogen-bond donors (Lipinski definition) is 2. The van der Waals surface area contributed by atoms with E-state index in [-0.39, 0.29) is 0 Å². The quantitative estimate of drug-likeness (QED) is 0.634. The number of thiazole rings is 1. The first-order valence-electron chi connectivity index (χ1n) is 9.56. The molecule has 1 fully saturated rings. The summed E-state index contributed by atoms with van der Waals surface area (Å²) in [7, 11) is 2.11. The summed E-state index contributed by atoms with van der Waals surface area (Å²) in [5.41, 5.74) is 1.02. The maximum Gasteiger partial charge on any atom is 0.326 e. The predicted molar refractivity (Wildman–Crippen MR) is 116 cm³/mol. The smallest absolute Gasteiger partial charge is 0.326 e. The summed E-state index contributed by atoms with van der Waals surface area (Å²) in [5, 5.41) is 8.14. The molecular formula is C21H23N5O2S. The fourth-order valence-corrected chi connectivity index (χ4v) is 4.00. The number of ether oxygens (including phenoxy) is 1. The van der Waals surface area contributed by atoms with Crippen molar-refractivity contribution in [2.24, 2.45) is 0 Å². The summed E-state index contributed by atoms with van der Waals surface area (Å²) in [6, 6.07) is 15.2. The van der Waals surface area contributed by atoms with E-state index in [1.807, 2.05) is 41.8 Å². The summed E-state index contributed by atoms with van der Waals surface area (Å²) in [6.07, 6.45) is 2.33. The molecule has 8 heteroatoms. The van der Waals surface area contributed by atoms with Crippen LogP contribution in [0.15, 0.2) is 53.9 Å². The number of pyridine rings is 1. The van der Waals surface area contributed by atoms with Gasteiger partial charge in [-0.25, -0.2) is 9.78 Å². The van der Waals surface area contributed by atoms with Crippen LogP contribution < -0.4 is 15.4 Å². The highest BCUT2D eigenvalue weighted by atomic mass is 32.1. The first-order chi connectivity index (χ1) is 14.2. The summed E-state index contributed by atoms with van der Waals surface area (Å²) < 4.78 is 5.82. The van der Waals surface area contributed by atoms with Gasteiger partial charge in [-0.1, -0.05) is 36.4 Å². The zero-order valence-corrected chi connectivity index (χ0v) is 17.0. The molecule has 150 valence electrons. The lowest BCUT2D eigenvalue weighted by atomic mass is 10.2. The molecule has 2 aromatic heterocycles. The minimum absolute atomic E-state index is 0.393. The third-order valence-electron chi connectivity index (χ3n) is 4.83. The first-order valence-corrected chi connectivity index (χ1v) is 10.4. The fourth-order valence-electron chi connectivity index (χ4n) is 3.24. The van der Waals surface area contributed by atoms with Crippen LogP contribution in [-0.2, 0) is 0 Å². The Bertz CT molecular complexity index is 962. The van der Waals surface area contributed by atoms with E-state index < -0.39 is 6.03 Å². The number of benzene rings is 1. The standard InChI is InChI=1S/C21H23N5O2S/c1-26-12-6-9-16(26)13-28-19-11-5-10-17(22-19)24-21(27)25-18-14-29-20(23-18)15-7-3-2-4-8-15/h2-5,7-8,10-11,14,16H,6,9,12-13H2,1H3,(H2,22,24,25,27). The summed E-state index contributed by atoms with van der Waals surface area (Å²) >= 11 is 1.48. The number of rotatable bonds is 6. The van der Waals surface area contributed by atoms with Crippen LogP contribution >= 0.6 is 11.3 Å². The van der Waals surface area contributed by atoms with Crippen LogP contribution in [0.1, 0.15) is 12.8 Å². The molecule has 29 heavy (non-hydrogen) atoms. The number of amides is 2. The minimum Gasteiger partial charge on any atom is -0.476 e. The molecule has 2 N–H and O–H groups in total. The summed E-state index contributed by atoms with van der Waals surface area (Å²) in [6.45, 7) is 1.70. The number of carbonyl (C=O) groups is 1. The van der Waals surface area contributed by atoms with Gasteiger partial charge in [0.15, 0.2) is 0 Å². The lowest BCUT2D eigenvalue weighted by molar-refractivity contribution is 0.193. The van der Waals surface area contributed by atoms with Crippen molar-refractivity contribution in [2.75, 3.05) is 30.8 Å². The van der Waals surface area contributed by atoms with Crippen molar-refractivity contribution in [1.82, 2.24) is 14.9 Å². The van der Waals surface area contributed by atoms with Crippen molar-refractivity contribution in [3.8, 4) is 16.5 Å². The van der Waals surface area contributed by atoms with E-state index in [9.17, 15) is 4.79 Å². The Morgan fingerprint density at radius 3 is 2.76 bits per heavy atom. The number of nitrogens with zero attached hydrogens (tertiary/aromatic N) is 3. The Hall–Kier alpha value is -2.97. The molecule has 2 amide bonds. The molecule has 4 rings (SSSR count). The monoisotopic (exact) mass is 409 g/mol. The highest BCUT2D eigenvalue weighted by molar-refractivity contribution is 7.13. The number of nitrogens with one attached hydrogen (secondary N) is 2. The topological polar surface area (TPSA) is 79.4 Å². The summed E-state index contributed by atoms with van der Waals surface area (Å²) in [5.74, 6) is 1.43. The van der Waals surface area contributed by atoms with Gasteiger partial charge in [-0.05, 0) is 32.5 Å². The second kappa shape index (κ2) is 9.02. The molecule has 0 spiro atoms. The second-order valence-electron chi connectivity index (χ2n) is 6.93. The van der Waals surface area contributed by atoms with E-state index in [1.54, 1.807) is 12.1 Å². The number of anilines is 2. The molecular weight excluding hydrogens is 386 g/mol. The van der Waals surface area contributed by atoms with E-state index >= 15 is 0 Å². The van der Waals surface area contributed by atoms with Crippen LogP contribution in [-0.4, -0.2) is 47.1 Å². The molecule has 0 radical (unpaired) electrons. The largest absolute Gasteiger partial charge is 0.476 e. The van der Waals surface area contributed by atoms with Crippen LogP contribution in [0.25, 0.3) is 10.6 Å². The van der Waals surface area contributed by atoms with Crippen molar-refractivity contribution < 1.29 is 9.53 Å². The zero-order chi connectivity index (χ0) is 20.1. The Kier molecular flexibility index (Phi) is 6.02. The summed E-state index contributed by atoms with van der Waals surface area (Å²) in [4.78, 5) is 23.4. The molecule has 0 aliphatic carbocycles. The lowest BCUT2D eigenvalue weighted by Gasteiger charge is -2.19. The van der Waals surface area contributed by atoms with E-state index in [4.69, 9.17) is 4.74 Å². The fraction of sp³-hybridized carbons (Fsp3) is 0.286. The van der Waals surface area contributed by atoms with Crippen molar-refractivity contribution in [3.63, 3.8) is 0 Å². The minimum atomic E-state index is -0.393. The van der Waals surface area contributed by atoms with Gasteiger partial charge in [0, 0.05) is 23.1 Å². The molecule has 0 bridgehead atoms. The van der Waals surface area contributed by atoms with Crippen LogP contribution in [0.5, 0.6) is 5.88 Å². The van der Waals surface area contributed by atoms with Crippen LogP contribution in [0.3, 0.4) is 0 Å². The Balaban J connectivity index is 1.32. The first kappa shape index (κ1) is 19.4. The maximum atomic E-state index is 12.3. The number of likely N-dealkylation sites (tertiary alicyclic amines) is 1. The van der Waals surface area contributed by atoms with E-state index in [0.29, 0.717) is 30.2 Å². The van der Waals surface area contributed by atoms with Crippen molar-refractivity contribution >= 4 is 29.0 Å². The maximum absolute atomic E-state index is 12.3. The number of hydrogen-bond acceptors (Lipinski definition) is 6. The van der Waals surface area contributed by atoms with Crippen LogP contribution in [0.4, 0.5) is 16.4 Å². The van der Waals surface area contributed by atoms with Gasteiger partial charge in [0.1, 0.15) is 23.3 Å². The number of likely N-dealkylation sites (N-methyl/N-ethyl adjacent to an activating group) is 1. The molecule has 7 nitrogen and oxygen atoms in total. The molecule has 1 saturated heterocycles. The zero-order valence-electron chi connectivity index (χ0n) is 16.2. The molecule has 3 heterocycles. The molecule has 1 unspecified atom stereocenters. The van der Waals surface area contributed by atoms with Crippen LogP contribution in [0, 0.1) is 0 Å². The highest BCUT2D eigenvalue weighted by Crippen LogP contribution is 2.25. The average Bonchev–Trinajstić information content (AvgIpc) is 3.36. The molecule has 1 atom stereocenters. The van der Waals surface area contributed by atoms with Gasteiger partial charge >= 0.3 is 6.03 Å². The van der Waals surface area contributed by atoms with E-state index in [0.717, 1.165) is 23.5 Å². The molecule has 1 aromatic carbocycles. The average molecular weight is 410 g/mol. The van der Waals surface area contributed by atoms with Gasteiger partial charge in [-0.2, -0.15) is 4.98 Å². The molecule has 0 saturated carbocycles. The highest BCUT2D eigenvalue weighted by Gasteiger charge is 2.21. The Morgan fingerprint density at radius 1 is 1.14 bits per heavy atom. The van der Waals surface area contributed by atoms with E-state index in [2.05, 4.69) is 32.5 Å². The van der Waals surface area contributed by atoms with Gasteiger partial charge in [0.25, 0.3) is 0 Å². The number of urea groups is 1. The predicted octanol–water partition coefficient (Wildman–Crippen LogP) is 4.32. The van der Waals surface area contributed by atoms with Gasteiger partial charge in [-0.3, -0.25) is 10.6 Å². The normalized spacial score (nSPS) is 16.5. The third kappa shape index (κ3) is 5.10. The van der Waals surface area contributed by atoms with E-state index in [1.165, 1.54) is 17.8 Å². The Morgan fingerprint density at radius 2 is 1.97 bits per heavy atom. The van der Waals surface area contributed by atoms with Crippen molar-refractivity contribution in [1.29, 1.82) is 0 Å². The van der Waals surface area contributed by atoms with Gasteiger partial charge in [-0.15, -0.1) is 11.3 Å². The van der Waals surface area contributed by atoms with Gasteiger partial charge in [0.05, 0.1) is 0 Å². The third-order valence-corrected chi connectivity index (χ3v) is 5.72. The Labute approximate surface area is 173 Å². The van der Waals surface area contributed by atoms with Crippen molar-refractivity contribution in [2.45, 2.75) is 18.9 Å². The second-order valence-corrected chi connectivity index (χ2v) is 7.79. The van der Waals surface area contributed by atoms with Crippen LogP contribution in [0.2, 0.25) is 0 Å². The number of carbonyl (C=O) groups excluding carboxylic acids is 1. The SMILES string of the molecule is CN1CCCC1COc1cccc(NC(=O)Nc2csc(-c3ccccc3)n2)n1. The van der Waals surface area contributed by atoms with Gasteiger partial charge in [0.2, 0.25) is 5.88 Å². The van der Waals surface area contributed by atoms with Crippen molar-refractivity contribution in [3.05, 3.63) is 53.9 Å². The van der Waals surface area contributed by atoms with Gasteiger partial charge < -0.3 is 9.64 Å².